The molecule has 0 saturated carbocycles. The molecule has 2 nitrogen and oxygen atoms in total. The molecule has 10 heavy (non-hydrogen) atoms. The second-order valence-electron chi connectivity index (χ2n) is 2.72. The third kappa shape index (κ3) is 1.53. The van der Waals surface area contributed by atoms with Crippen molar-refractivity contribution in [3.63, 3.8) is 0 Å². The molecule has 0 bridgehead atoms. The van der Waals surface area contributed by atoms with E-state index in [2.05, 4.69) is 0 Å². The molecule has 1 fully saturated rings. The van der Waals surface area contributed by atoms with Crippen molar-refractivity contribution in [2.75, 3.05) is 13.1 Å². The maximum absolute atomic E-state index is 12.1. The quantitative estimate of drug-likeness (QED) is 0.539. The summed E-state index contributed by atoms with van der Waals surface area (Å²) in [6.45, 7) is 3.36. The molecule has 1 rings (SSSR count). The monoisotopic (exact) mass is 145 g/mol. The van der Waals surface area contributed by atoms with E-state index in [1.165, 1.54) is 0 Å². The molecule has 1 saturated heterocycles. The van der Waals surface area contributed by atoms with Gasteiger partial charge in [-0.05, 0) is 32.9 Å². The van der Waals surface area contributed by atoms with E-state index in [1.807, 2.05) is 4.90 Å². The smallest absolute Gasteiger partial charge is 0.291 e. The van der Waals surface area contributed by atoms with E-state index in [-0.39, 0.29) is 0 Å². The largest absolute Gasteiger partial charge is 0.318 e. The van der Waals surface area contributed by atoms with Crippen LogP contribution in [0.3, 0.4) is 0 Å². The van der Waals surface area contributed by atoms with Gasteiger partial charge in [-0.2, -0.15) is 4.39 Å². The van der Waals surface area contributed by atoms with Crippen LogP contribution in [0.25, 0.3) is 0 Å². The number of nitrogens with zero attached hydrogens (tertiary/aromatic N) is 1. The summed E-state index contributed by atoms with van der Waals surface area (Å²) in [7, 11) is 0. The highest BCUT2D eigenvalue weighted by Gasteiger charge is 2.23. The lowest BCUT2D eigenvalue weighted by atomic mass is 10.3. The van der Waals surface area contributed by atoms with Gasteiger partial charge in [0.25, 0.3) is 0 Å². The molecule has 1 heterocycles. The lowest BCUT2D eigenvalue weighted by Gasteiger charge is -2.18. The summed E-state index contributed by atoms with van der Waals surface area (Å²) in [6, 6.07) is -1.72. The van der Waals surface area contributed by atoms with Gasteiger partial charge in [-0.25, -0.2) is 0 Å². The Morgan fingerprint density at radius 2 is 2.00 bits per heavy atom. The molecule has 0 aromatic carbocycles. The van der Waals surface area contributed by atoms with E-state index in [4.69, 9.17) is 0 Å². The van der Waals surface area contributed by atoms with Gasteiger partial charge in [0.05, 0.1) is 6.04 Å². The van der Waals surface area contributed by atoms with E-state index >= 15 is 0 Å². The first-order valence-corrected chi connectivity index (χ1v) is 3.65. The molecular formula is C7H12FNO. The normalized spacial score (nSPS) is 23.0. The molecule has 58 valence electrons. The summed E-state index contributed by atoms with van der Waals surface area (Å²) in [6.07, 6.45) is 2.19. The lowest BCUT2D eigenvalue weighted by molar-refractivity contribution is -0.134. The van der Waals surface area contributed by atoms with Crippen LogP contribution in [0.5, 0.6) is 0 Å². The fourth-order valence-electron chi connectivity index (χ4n) is 1.27. The third-order valence-corrected chi connectivity index (χ3v) is 2.02. The lowest BCUT2D eigenvalue weighted by Crippen LogP contribution is -2.34. The molecule has 1 atom stereocenters. The number of likely N-dealkylation sites (tertiary alicyclic amines) is 1. The standard InChI is InChI=1S/C7H12FNO/c1-6(7(8)10)9-4-2-3-5-9/h6H,2-5H2,1H3. The molecule has 0 N–H and O–H groups in total. The van der Waals surface area contributed by atoms with E-state index < -0.39 is 12.1 Å². The van der Waals surface area contributed by atoms with Crippen molar-refractivity contribution in [1.29, 1.82) is 0 Å². The summed E-state index contributed by atoms with van der Waals surface area (Å²) in [4.78, 5) is 12.1. The number of hydrogen-bond donors (Lipinski definition) is 0. The van der Waals surface area contributed by atoms with Crippen molar-refractivity contribution in [2.45, 2.75) is 25.8 Å². The number of carbonyl (C=O) groups is 1. The molecule has 0 spiro atoms. The van der Waals surface area contributed by atoms with Crippen molar-refractivity contribution in [2.24, 2.45) is 0 Å². The molecule has 0 aromatic heterocycles. The third-order valence-electron chi connectivity index (χ3n) is 2.02. The Kier molecular flexibility index (Phi) is 2.38. The predicted octanol–water partition coefficient (Wildman–Crippen LogP) is 0.967. The Morgan fingerprint density at radius 1 is 1.50 bits per heavy atom. The Morgan fingerprint density at radius 3 is 2.40 bits per heavy atom. The molecular weight excluding hydrogens is 133 g/mol. The molecule has 0 amide bonds. The predicted molar refractivity (Wildman–Crippen MR) is 36.4 cm³/mol. The number of rotatable bonds is 2. The van der Waals surface area contributed by atoms with Gasteiger partial charge in [0.2, 0.25) is 0 Å². The first-order chi connectivity index (χ1) is 4.72. The number of hydrogen-bond acceptors (Lipinski definition) is 2. The van der Waals surface area contributed by atoms with Crippen LogP contribution in [0, 0.1) is 0 Å². The fraction of sp³-hybridized carbons (Fsp3) is 0.857. The average molecular weight is 145 g/mol. The molecule has 0 aliphatic carbocycles. The first kappa shape index (κ1) is 7.66. The maximum Gasteiger partial charge on any atom is 0.318 e. The van der Waals surface area contributed by atoms with Crippen LogP contribution < -0.4 is 0 Å². The van der Waals surface area contributed by atoms with Gasteiger partial charge in [0, 0.05) is 0 Å². The number of halogens is 1. The summed E-state index contributed by atoms with van der Waals surface area (Å²) in [5.74, 6) is 0. The fourth-order valence-corrected chi connectivity index (χ4v) is 1.27. The van der Waals surface area contributed by atoms with Crippen LogP contribution in [-0.2, 0) is 4.79 Å². The Labute approximate surface area is 60.0 Å². The van der Waals surface area contributed by atoms with Crippen LogP contribution in [0.4, 0.5) is 4.39 Å². The zero-order chi connectivity index (χ0) is 7.56. The summed E-state index contributed by atoms with van der Waals surface area (Å²) < 4.78 is 12.1. The average Bonchev–Trinajstić information content (AvgIpc) is 2.36. The van der Waals surface area contributed by atoms with Gasteiger partial charge in [-0.3, -0.25) is 9.69 Å². The van der Waals surface area contributed by atoms with Gasteiger partial charge in [-0.15, -0.1) is 0 Å². The minimum Gasteiger partial charge on any atom is -0.291 e. The van der Waals surface area contributed by atoms with Crippen molar-refractivity contribution < 1.29 is 9.18 Å². The first-order valence-electron chi connectivity index (χ1n) is 3.65. The second-order valence-corrected chi connectivity index (χ2v) is 2.72. The zero-order valence-electron chi connectivity index (χ0n) is 6.14. The Hall–Kier alpha value is -0.440. The van der Waals surface area contributed by atoms with Gasteiger partial charge < -0.3 is 0 Å². The van der Waals surface area contributed by atoms with E-state index in [0.29, 0.717) is 0 Å². The van der Waals surface area contributed by atoms with Crippen LogP contribution in [-0.4, -0.2) is 30.1 Å². The van der Waals surface area contributed by atoms with E-state index in [9.17, 15) is 9.18 Å². The van der Waals surface area contributed by atoms with Crippen molar-refractivity contribution in [3.05, 3.63) is 0 Å². The maximum atomic E-state index is 12.1. The van der Waals surface area contributed by atoms with Crippen molar-refractivity contribution in [3.8, 4) is 0 Å². The number of carbonyl (C=O) groups excluding carboxylic acids is 1. The van der Waals surface area contributed by atoms with Gasteiger partial charge in [-0.1, -0.05) is 0 Å². The van der Waals surface area contributed by atoms with Crippen LogP contribution >= 0.6 is 0 Å². The highest BCUT2D eigenvalue weighted by molar-refractivity contribution is 5.73. The van der Waals surface area contributed by atoms with Crippen molar-refractivity contribution in [1.82, 2.24) is 4.90 Å². The van der Waals surface area contributed by atoms with Crippen LogP contribution in [0.2, 0.25) is 0 Å². The van der Waals surface area contributed by atoms with Crippen LogP contribution in [0.1, 0.15) is 19.8 Å². The molecule has 1 aliphatic heterocycles. The minimum atomic E-state index is -1.21. The molecule has 3 heteroatoms. The van der Waals surface area contributed by atoms with E-state index in [1.54, 1.807) is 6.92 Å². The van der Waals surface area contributed by atoms with Gasteiger partial charge in [0.1, 0.15) is 0 Å². The van der Waals surface area contributed by atoms with Crippen molar-refractivity contribution >= 4 is 6.04 Å². The topological polar surface area (TPSA) is 20.3 Å². The minimum absolute atomic E-state index is 0.512. The highest BCUT2D eigenvalue weighted by Crippen LogP contribution is 2.11. The summed E-state index contributed by atoms with van der Waals surface area (Å²) >= 11 is 0. The molecule has 1 unspecified atom stereocenters. The highest BCUT2D eigenvalue weighted by atomic mass is 19.1. The van der Waals surface area contributed by atoms with Gasteiger partial charge in [0.15, 0.2) is 0 Å². The Balaban J connectivity index is 2.39. The molecule has 1 aliphatic rings. The molecule has 0 radical (unpaired) electrons. The van der Waals surface area contributed by atoms with Gasteiger partial charge >= 0.3 is 6.04 Å². The van der Waals surface area contributed by atoms with Crippen LogP contribution in [0.15, 0.2) is 0 Å². The Bertz CT molecular complexity index is 132. The molecule has 0 aromatic rings. The second kappa shape index (κ2) is 3.10. The van der Waals surface area contributed by atoms with E-state index in [0.717, 1.165) is 25.9 Å². The zero-order valence-corrected chi connectivity index (χ0v) is 6.14. The summed E-state index contributed by atoms with van der Waals surface area (Å²) in [5, 5.41) is 0. The summed E-state index contributed by atoms with van der Waals surface area (Å²) in [5.41, 5.74) is 0. The SMILES string of the molecule is CC(C(=O)F)N1CCCC1.